The lowest BCUT2D eigenvalue weighted by Crippen LogP contribution is -2.56. The molecule has 0 saturated carbocycles. The molecule has 0 unspecified atom stereocenters. The Morgan fingerprint density at radius 1 is 1.28 bits per heavy atom. The number of benzene rings is 1. The van der Waals surface area contributed by atoms with Crippen LogP contribution in [0.25, 0.3) is 0 Å². The standard InChI is InChI=1S/C18H23N3O4/c1-25-10-8-19-17(23)14-6-4-13(5-7-14)11-20-12-16(22)21-9-2-3-15(21)18(20)24/h4-7,15H,2-3,8-12H2,1H3,(H,19,23)/t15-/m1/s1. The summed E-state index contributed by atoms with van der Waals surface area (Å²) < 4.78 is 4.90. The van der Waals surface area contributed by atoms with E-state index < -0.39 is 0 Å². The fraction of sp³-hybridized carbons (Fsp3) is 0.500. The molecule has 1 N–H and O–H groups in total. The minimum absolute atomic E-state index is 0.0243. The third kappa shape index (κ3) is 3.82. The van der Waals surface area contributed by atoms with Crippen molar-refractivity contribution in [2.24, 2.45) is 0 Å². The van der Waals surface area contributed by atoms with Crippen LogP contribution in [0, 0.1) is 0 Å². The van der Waals surface area contributed by atoms with Gasteiger partial charge in [0.1, 0.15) is 12.6 Å². The Labute approximate surface area is 146 Å². The number of methoxy groups -OCH3 is 1. The Kier molecular flexibility index (Phi) is 5.33. The SMILES string of the molecule is COCCNC(=O)c1ccc(CN2CC(=O)N3CCC[C@@H]3C2=O)cc1. The molecular weight excluding hydrogens is 322 g/mol. The number of rotatable bonds is 6. The lowest BCUT2D eigenvalue weighted by Gasteiger charge is -2.36. The van der Waals surface area contributed by atoms with E-state index in [-0.39, 0.29) is 30.3 Å². The molecule has 2 fully saturated rings. The van der Waals surface area contributed by atoms with E-state index in [2.05, 4.69) is 5.32 Å². The molecule has 25 heavy (non-hydrogen) atoms. The van der Waals surface area contributed by atoms with Crippen LogP contribution in [0.5, 0.6) is 0 Å². The molecule has 0 aromatic heterocycles. The summed E-state index contributed by atoms with van der Waals surface area (Å²) in [6.45, 7) is 2.14. The smallest absolute Gasteiger partial charge is 0.251 e. The van der Waals surface area contributed by atoms with E-state index in [9.17, 15) is 14.4 Å². The molecule has 2 aliphatic rings. The van der Waals surface area contributed by atoms with Gasteiger partial charge in [0.25, 0.3) is 5.91 Å². The number of hydrogen-bond donors (Lipinski definition) is 1. The number of fused-ring (bicyclic) bond motifs is 1. The topological polar surface area (TPSA) is 79.0 Å². The largest absolute Gasteiger partial charge is 0.383 e. The van der Waals surface area contributed by atoms with Gasteiger partial charge in [-0.25, -0.2) is 0 Å². The van der Waals surface area contributed by atoms with E-state index in [0.717, 1.165) is 18.4 Å². The number of nitrogens with one attached hydrogen (secondary N) is 1. The van der Waals surface area contributed by atoms with Crippen molar-refractivity contribution in [3.05, 3.63) is 35.4 Å². The fourth-order valence-corrected chi connectivity index (χ4v) is 3.35. The molecule has 1 aromatic carbocycles. The number of carbonyl (C=O) groups excluding carboxylic acids is 3. The summed E-state index contributed by atoms with van der Waals surface area (Å²) in [7, 11) is 1.58. The first-order valence-electron chi connectivity index (χ1n) is 8.54. The molecular formula is C18H23N3O4. The van der Waals surface area contributed by atoms with E-state index in [4.69, 9.17) is 4.74 Å². The second-order valence-electron chi connectivity index (χ2n) is 6.39. The number of nitrogens with zero attached hydrogens (tertiary/aromatic N) is 2. The second-order valence-corrected chi connectivity index (χ2v) is 6.39. The van der Waals surface area contributed by atoms with Gasteiger partial charge in [-0.05, 0) is 30.5 Å². The molecule has 2 saturated heterocycles. The van der Waals surface area contributed by atoms with Crippen molar-refractivity contribution in [1.82, 2.24) is 15.1 Å². The zero-order valence-electron chi connectivity index (χ0n) is 14.4. The average Bonchev–Trinajstić information content (AvgIpc) is 3.11. The van der Waals surface area contributed by atoms with Crippen molar-refractivity contribution < 1.29 is 19.1 Å². The van der Waals surface area contributed by atoms with Gasteiger partial charge < -0.3 is 19.9 Å². The van der Waals surface area contributed by atoms with Gasteiger partial charge in [0.15, 0.2) is 0 Å². The zero-order chi connectivity index (χ0) is 17.8. The van der Waals surface area contributed by atoms with Crippen LogP contribution in [0.3, 0.4) is 0 Å². The highest BCUT2D eigenvalue weighted by molar-refractivity contribution is 5.95. The van der Waals surface area contributed by atoms with Crippen LogP contribution in [-0.4, -0.2) is 66.9 Å². The van der Waals surface area contributed by atoms with Crippen molar-refractivity contribution in [2.45, 2.75) is 25.4 Å². The maximum Gasteiger partial charge on any atom is 0.251 e. The highest BCUT2D eigenvalue weighted by Gasteiger charge is 2.41. The van der Waals surface area contributed by atoms with E-state index in [0.29, 0.717) is 31.8 Å². The quantitative estimate of drug-likeness (QED) is 0.757. The lowest BCUT2D eigenvalue weighted by molar-refractivity contribution is -0.154. The molecule has 2 aliphatic heterocycles. The monoisotopic (exact) mass is 345 g/mol. The van der Waals surface area contributed by atoms with E-state index in [1.54, 1.807) is 29.0 Å². The number of amides is 3. The number of hydrogen-bond acceptors (Lipinski definition) is 4. The fourth-order valence-electron chi connectivity index (χ4n) is 3.35. The summed E-state index contributed by atoms with van der Waals surface area (Å²) in [6.07, 6.45) is 1.64. The van der Waals surface area contributed by atoms with Crippen LogP contribution in [0.1, 0.15) is 28.8 Å². The van der Waals surface area contributed by atoms with Gasteiger partial charge in [-0.3, -0.25) is 14.4 Å². The molecule has 1 aromatic rings. The van der Waals surface area contributed by atoms with Crippen LogP contribution in [0.15, 0.2) is 24.3 Å². The van der Waals surface area contributed by atoms with Crippen molar-refractivity contribution in [2.75, 3.05) is 33.4 Å². The summed E-state index contributed by atoms with van der Waals surface area (Å²) in [5.74, 6) is -0.107. The van der Waals surface area contributed by atoms with Crippen LogP contribution in [0.4, 0.5) is 0 Å². The molecule has 0 spiro atoms. The predicted octanol–water partition coefficient (Wildman–Crippen LogP) is 0.396. The van der Waals surface area contributed by atoms with Crippen LogP contribution in [-0.2, 0) is 20.9 Å². The first-order valence-corrected chi connectivity index (χ1v) is 8.54. The average molecular weight is 345 g/mol. The molecule has 0 aliphatic carbocycles. The first-order chi connectivity index (χ1) is 12.1. The molecule has 1 atom stereocenters. The second kappa shape index (κ2) is 7.65. The Balaban J connectivity index is 1.60. The molecule has 134 valence electrons. The van der Waals surface area contributed by atoms with Crippen molar-refractivity contribution in [1.29, 1.82) is 0 Å². The molecule has 7 nitrogen and oxygen atoms in total. The summed E-state index contributed by atoms with van der Waals surface area (Å²) in [5, 5.41) is 2.76. The summed E-state index contributed by atoms with van der Waals surface area (Å²) in [5.41, 5.74) is 1.46. The molecule has 7 heteroatoms. The van der Waals surface area contributed by atoms with Gasteiger partial charge in [-0.2, -0.15) is 0 Å². The van der Waals surface area contributed by atoms with E-state index in [1.807, 2.05) is 12.1 Å². The molecule has 2 heterocycles. The third-order valence-electron chi connectivity index (χ3n) is 4.68. The molecule has 0 bridgehead atoms. The molecule has 3 amide bonds. The zero-order valence-corrected chi connectivity index (χ0v) is 14.4. The van der Waals surface area contributed by atoms with Crippen LogP contribution < -0.4 is 5.32 Å². The maximum atomic E-state index is 12.5. The van der Waals surface area contributed by atoms with Crippen LogP contribution >= 0.6 is 0 Å². The van der Waals surface area contributed by atoms with Crippen molar-refractivity contribution in [3.63, 3.8) is 0 Å². The Morgan fingerprint density at radius 3 is 2.76 bits per heavy atom. The first kappa shape index (κ1) is 17.4. The van der Waals surface area contributed by atoms with E-state index >= 15 is 0 Å². The van der Waals surface area contributed by atoms with Gasteiger partial charge >= 0.3 is 0 Å². The third-order valence-corrected chi connectivity index (χ3v) is 4.68. The minimum Gasteiger partial charge on any atom is -0.383 e. The Morgan fingerprint density at radius 2 is 2.04 bits per heavy atom. The lowest BCUT2D eigenvalue weighted by atomic mass is 10.1. The number of carbonyl (C=O) groups is 3. The number of ether oxygens (including phenoxy) is 1. The number of piperazine rings is 1. The summed E-state index contributed by atoms with van der Waals surface area (Å²) >= 11 is 0. The highest BCUT2D eigenvalue weighted by atomic mass is 16.5. The summed E-state index contributed by atoms with van der Waals surface area (Å²) in [4.78, 5) is 40.0. The molecule has 0 radical (unpaired) electrons. The van der Waals surface area contributed by atoms with E-state index in [1.165, 1.54) is 0 Å². The van der Waals surface area contributed by atoms with Gasteiger partial charge in [0.05, 0.1) is 6.61 Å². The minimum atomic E-state index is -0.285. The van der Waals surface area contributed by atoms with Gasteiger partial charge in [-0.1, -0.05) is 12.1 Å². The van der Waals surface area contributed by atoms with Crippen LogP contribution in [0.2, 0.25) is 0 Å². The highest BCUT2D eigenvalue weighted by Crippen LogP contribution is 2.24. The maximum absolute atomic E-state index is 12.5. The van der Waals surface area contributed by atoms with Gasteiger partial charge in [-0.15, -0.1) is 0 Å². The van der Waals surface area contributed by atoms with Gasteiger partial charge in [0, 0.05) is 32.3 Å². The summed E-state index contributed by atoms with van der Waals surface area (Å²) in [6, 6.07) is 6.83. The van der Waals surface area contributed by atoms with Crippen molar-refractivity contribution in [3.8, 4) is 0 Å². The molecule has 3 rings (SSSR count). The Bertz CT molecular complexity index is 659. The van der Waals surface area contributed by atoms with Gasteiger partial charge in [0.2, 0.25) is 11.8 Å². The van der Waals surface area contributed by atoms with Crippen molar-refractivity contribution >= 4 is 17.7 Å². The Hall–Kier alpha value is -2.41. The predicted molar refractivity (Wildman–Crippen MR) is 90.8 cm³/mol. The normalized spacial score (nSPS) is 20.0.